The van der Waals surface area contributed by atoms with Crippen molar-refractivity contribution < 1.29 is 19.0 Å². The van der Waals surface area contributed by atoms with Crippen LogP contribution in [0.2, 0.25) is 5.04 Å². The first-order valence-electron chi connectivity index (χ1n) is 12.9. The molecule has 194 valence electrons. The molecule has 3 aromatic carbocycles. The van der Waals surface area contributed by atoms with E-state index in [1.165, 1.54) is 10.4 Å². The lowest BCUT2D eigenvalue weighted by Gasteiger charge is -2.44. The second kappa shape index (κ2) is 13.3. The van der Waals surface area contributed by atoms with E-state index >= 15 is 0 Å². The Balaban J connectivity index is 1.98. The molecule has 0 saturated carbocycles. The van der Waals surface area contributed by atoms with Gasteiger partial charge in [-0.15, -0.1) is 0 Å². The summed E-state index contributed by atoms with van der Waals surface area (Å²) < 4.78 is 19.6. The monoisotopic (exact) mass is 506 g/mol. The molecule has 0 unspecified atom stereocenters. The van der Waals surface area contributed by atoms with Crippen LogP contribution in [-0.4, -0.2) is 46.0 Å². The fourth-order valence-electron chi connectivity index (χ4n) is 4.88. The van der Waals surface area contributed by atoms with Crippen LogP contribution in [0, 0.1) is 5.92 Å². The molecule has 5 heteroatoms. The Kier molecular flexibility index (Phi) is 10.5. The first-order chi connectivity index (χ1) is 17.3. The summed E-state index contributed by atoms with van der Waals surface area (Å²) >= 11 is 0. The van der Waals surface area contributed by atoms with Gasteiger partial charge in [-0.1, -0.05) is 119 Å². The molecule has 0 aliphatic carbocycles. The molecule has 3 atom stereocenters. The van der Waals surface area contributed by atoms with Gasteiger partial charge in [-0.05, 0) is 33.3 Å². The maximum absolute atomic E-state index is 9.71. The van der Waals surface area contributed by atoms with Crippen LogP contribution in [-0.2, 0) is 20.5 Å². The molecule has 0 bridgehead atoms. The van der Waals surface area contributed by atoms with E-state index in [2.05, 4.69) is 93.6 Å². The molecule has 3 aromatic rings. The van der Waals surface area contributed by atoms with Crippen LogP contribution in [0.25, 0.3) is 0 Å². The molecule has 0 heterocycles. The van der Waals surface area contributed by atoms with Crippen LogP contribution < -0.4 is 10.4 Å². The van der Waals surface area contributed by atoms with Gasteiger partial charge in [0.15, 0.2) is 0 Å². The maximum atomic E-state index is 9.71. The van der Waals surface area contributed by atoms with Crippen LogP contribution >= 0.6 is 0 Å². The third kappa shape index (κ3) is 6.93. The van der Waals surface area contributed by atoms with Crippen molar-refractivity contribution in [3.05, 3.63) is 96.6 Å². The highest BCUT2D eigenvalue weighted by atomic mass is 28.4. The lowest BCUT2D eigenvalue weighted by molar-refractivity contribution is -0.0907. The van der Waals surface area contributed by atoms with E-state index < -0.39 is 8.32 Å². The van der Waals surface area contributed by atoms with Crippen molar-refractivity contribution in [3.8, 4) is 0 Å². The van der Waals surface area contributed by atoms with Crippen LogP contribution in [0.5, 0.6) is 0 Å². The zero-order valence-electron chi connectivity index (χ0n) is 22.4. The largest absolute Gasteiger partial charge is 0.405 e. The highest BCUT2D eigenvalue weighted by Crippen LogP contribution is 2.37. The summed E-state index contributed by atoms with van der Waals surface area (Å²) in [4.78, 5) is 0. The van der Waals surface area contributed by atoms with Crippen molar-refractivity contribution >= 4 is 18.7 Å². The van der Waals surface area contributed by atoms with Crippen LogP contribution in [0.1, 0.15) is 39.7 Å². The second-order valence-corrected chi connectivity index (χ2v) is 14.9. The molecule has 0 aromatic heterocycles. The molecule has 1 N–H and O–H groups in total. The third-order valence-electron chi connectivity index (χ3n) is 6.85. The first-order valence-corrected chi connectivity index (χ1v) is 14.8. The summed E-state index contributed by atoms with van der Waals surface area (Å²) in [6.07, 6.45) is 0.205. The fourth-order valence-corrected chi connectivity index (χ4v) is 9.45. The summed E-state index contributed by atoms with van der Waals surface area (Å²) in [6, 6.07) is 31.5. The lowest BCUT2D eigenvalue weighted by Crippen LogP contribution is -2.67. The lowest BCUT2D eigenvalue weighted by atomic mass is 10.0. The molecule has 4 nitrogen and oxygen atoms in total. The van der Waals surface area contributed by atoms with E-state index in [-0.39, 0.29) is 29.8 Å². The van der Waals surface area contributed by atoms with Crippen LogP contribution in [0.3, 0.4) is 0 Å². The Morgan fingerprint density at radius 1 is 0.778 bits per heavy atom. The van der Waals surface area contributed by atoms with Crippen molar-refractivity contribution in [2.75, 3.05) is 20.3 Å². The summed E-state index contributed by atoms with van der Waals surface area (Å²) in [5.74, 6) is 0.102. The smallest absolute Gasteiger partial charge is 0.261 e. The summed E-state index contributed by atoms with van der Waals surface area (Å²) in [5, 5.41) is 12.1. The average molecular weight is 507 g/mol. The number of ether oxygens (including phenoxy) is 2. The van der Waals surface area contributed by atoms with Crippen molar-refractivity contribution in [1.82, 2.24) is 0 Å². The normalized spacial score (nSPS) is 14.8. The maximum Gasteiger partial charge on any atom is 0.261 e. The van der Waals surface area contributed by atoms with Gasteiger partial charge in [-0.3, -0.25) is 0 Å². The fraction of sp³-hybridized carbons (Fsp3) is 0.419. The van der Waals surface area contributed by atoms with E-state index in [0.29, 0.717) is 19.6 Å². The molecule has 0 aliphatic heterocycles. The minimum Gasteiger partial charge on any atom is -0.405 e. The van der Waals surface area contributed by atoms with E-state index in [1.807, 2.05) is 25.1 Å². The Morgan fingerprint density at radius 3 is 1.72 bits per heavy atom. The van der Waals surface area contributed by atoms with Crippen molar-refractivity contribution in [2.45, 2.75) is 58.0 Å². The highest BCUT2D eigenvalue weighted by molar-refractivity contribution is 6.99. The van der Waals surface area contributed by atoms with Gasteiger partial charge in [0.05, 0.1) is 19.3 Å². The standard InChI is InChI=1S/C31H42O4Si/c1-25(22-32)21-29(33-5)30(34-23-26-15-9-6-10-16-26)24-35-36(31(2,3)4,27-17-11-7-12-18-27)28-19-13-8-14-20-28/h6-20,25,29-30,32H,21-24H2,1-5H3/t25-,29+,30-/m1/s1. The molecule has 0 amide bonds. The summed E-state index contributed by atoms with van der Waals surface area (Å²) in [5.41, 5.74) is 1.11. The van der Waals surface area contributed by atoms with Crippen molar-refractivity contribution in [1.29, 1.82) is 0 Å². The van der Waals surface area contributed by atoms with E-state index in [9.17, 15) is 5.11 Å². The zero-order valence-corrected chi connectivity index (χ0v) is 23.4. The van der Waals surface area contributed by atoms with Crippen LogP contribution in [0.15, 0.2) is 91.0 Å². The summed E-state index contributed by atoms with van der Waals surface area (Å²) in [6.45, 7) is 9.85. The van der Waals surface area contributed by atoms with Gasteiger partial charge in [0.2, 0.25) is 0 Å². The van der Waals surface area contributed by atoms with Gasteiger partial charge in [0.25, 0.3) is 8.32 Å². The Hall–Kier alpha value is -2.28. The Labute approximate surface area is 218 Å². The SMILES string of the molecule is CO[C@@H](C[C@@H](C)CO)[C@@H](CO[Si](c1ccccc1)(c1ccccc1)C(C)(C)C)OCc1ccccc1. The number of rotatable bonds is 13. The molecule has 36 heavy (non-hydrogen) atoms. The first kappa shape index (κ1) is 28.3. The molecular weight excluding hydrogens is 464 g/mol. The van der Waals surface area contributed by atoms with Gasteiger partial charge < -0.3 is 19.0 Å². The van der Waals surface area contributed by atoms with E-state index in [4.69, 9.17) is 13.9 Å². The zero-order chi connectivity index (χ0) is 26.0. The average Bonchev–Trinajstić information content (AvgIpc) is 2.90. The second-order valence-electron chi connectivity index (χ2n) is 10.6. The topological polar surface area (TPSA) is 47.9 Å². The number of benzene rings is 3. The van der Waals surface area contributed by atoms with Gasteiger partial charge >= 0.3 is 0 Å². The number of hydrogen-bond donors (Lipinski definition) is 1. The molecular formula is C31H42O4Si. The predicted octanol–water partition coefficient (Wildman–Crippen LogP) is 5.18. The Bertz CT molecular complexity index is 966. The highest BCUT2D eigenvalue weighted by Gasteiger charge is 2.50. The van der Waals surface area contributed by atoms with Crippen molar-refractivity contribution in [2.24, 2.45) is 5.92 Å². The van der Waals surface area contributed by atoms with E-state index in [1.54, 1.807) is 7.11 Å². The molecule has 0 fully saturated rings. The number of aliphatic hydroxyl groups is 1. The summed E-state index contributed by atoms with van der Waals surface area (Å²) in [7, 11) is -0.993. The molecule has 0 aliphatic rings. The number of hydrogen-bond acceptors (Lipinski definition) is 4. The number of methoxy groups -OCH3 is 1. The minimum absolute atomic E-state index is 0.102. The predicted molar refractivity (Wildman–Crippen MR) is 150 cm³/mol. The van der Waals surface area contributed by atoms with Gasteiger partial charge in [0.1, 0.15) is 6.10 Å². The molecule has 0 spiro atoms. The molecule has 3 rings (SSSR count). The van der Waals surface area contributed by atoms with Gasteiger partial charge in [0, 0.05) is 13.7 Å². The Morgan fingerprint density at radius 2 is 1.28 bits per heavy atom. The van der Waals surface area contributed by atoms with E-state index in [0.717, 1.165) is 5.56 Å². The van der Waals surface area contributed by atoms with Gasteiger partial charge in [-0.25, -0.2) is 0 Å². The third-order valence-corrected chi connectivity index (χ3v) is 11.9. The van der Waals surface area contributed by atoms with Gasteiger partial charge in [-0.2, -0.15) is 0 Å². The number of aliphatic hydroxyl groups excluding tert-OH is 1. The quantitative estimate of drug-likeness (QED) is 0.325. The van der Waals surface area contributed by atoms with Crippen molar-refractivity contribution in [3.63, 3.8) is 0 Å². The molecule has 0 saturated heterocycles. The van der Waals surface area contributed by atoms with Crippen LogP contribution in [0.4, 0.5) is 0 Å². The molecule has 0 radical (unpaired) electrons. The minimum atomic E-state index is -2.71.